The van der Waals surface area contributed by atoms with Gasteiger partial charge in [0.05, 0.1) is 41.6 Å². The Hall–Kier alpha value is -4.02. The van der Waals surface area contributed by atoms with Crippen molar-refractivity contribution >= 4 is 41.0 Å². The molecule has 1 aliphatic rings. The van der Waals surface area contributed by atoms with E-state index in [9.17, 15) is 14.0 Å². The Morgan fingerprint density at radius 2 is 1.82 bits per heavy atom. The largest absolute Gasteiger partial charge is 0.497 e. The molecule has 4 aromatic rings. The summed E-state index contributed by atoms with van der Waals surface area (Å²) in [5.41, 5.74) is 3.21. The van der Waals surface area contributed by atoms with E-state index in [0.29, 0.717) is 28.0 Å². The van der Waals surface area contributed by atoms with Crippen LogP contribution in [0.4, 0.5) is 10.2 Å². The number of methoxy groups -OCH3 is 2. The number of aromatic nitrogens is 2. The van der Waals surface area contributed by atoms with Gasteiger partial charge in [0.25, 0.3) is 0 Å². The summed E-state index contributed by atoms with van der Waals surface area (Å²) < 4.78 is 26.4. The quantitative estimate of drug-likeness (QED) is 0.239. The van der Waals surface area contributed by atoms with E-state index in [2.05, 4.69) is 26.1 Å². The highest BCUT2D eigenvalue weighted by Crippen LogP contribution is 2.51. The Morgan fingerprint density at radius 1 is 1.09 bits per heavy atom. The number of nitrogens with one attached hydrogen (secondary N) is 1. The Kier molecular flexibility index (Phi) is 9.22. The van der Waals surface area contributed by atoms with Crippen molar-refractivity contribution < 1.29 is 23.5 Å². The lowest BCUT2D eigenvalue weighted by Gasteiger charge is -2.25. The second-order valence-corrected chi connectivity index (χ2v) is 12.9. The van der Waals surface area contributed by atoms with Crippen molar-refractivity contribution in [1.82, 2.24) is 15.1 Å². The van der Waals surface area contributed by atoms with Crippen molar-refractivity contribution in [2.45, 2.75) is 38.0 Å². The molecule has 0 bridgehead atoms. The first kappa shape index (κ1) is 31.4. The lowest BCUT2D eigenvalue weighted by Crippen LogP contribution is -2.42. The summed E-state index contributed by atoms with van der Waals surface area (Å²) in [5.74, 6) is 0.849. The molecule has 0 spiro atoms. The van der Waals surface area contributed by atoms with E-state index < -0.39 is 10.7 Å². The molecule has 11 heteroatoms. The number of rotatable bonds is 8. The number of ether oxygens (including phenoxy) is 2. The van der Waals surface area contributed by atoms with E-state index in [4.69, 9.17) is 26.2 Å². The molecule has 0 saturated heterocycles. The molecule has 5 rings (SSSR count). The average molecular weight is 637 g/mol. The summed E-state index contributed by atoms with van der Waals surface area (Å²) in [6, 6.07) is 18.7. The van der Waals surface area contributed by atoms with Gasteiger partial charge in [0.15, 0.2) is 0 Å². The van der Waals surface area contributed by atoms with Crippen LogP contribution in [0, 0.1) is 5.82 Å². The van der Waals surface area contributed by atoms with Crippen LogP contribution < -0.4 is 19.7 Å². The van der Waals surface area contributed by atoms with Crippen molar-refractivity contribution in [3.05, 3.63) is 100.0 Å². The second kappa shape index (κ2) is 12.9. The molecule has 2 amide bonds. The third kappa shape index (κ3) is 6.42. The lowest BCUT2D eigenvalue weighted by molar-refractivity contribution is -0.123. The fourth-order valence-corrected chi connectivity index (χ4v) is 6.59. The van der Waals surface area contributed by atoms with E-state index in [1.165, 1.54) is 28.8 Å². The SMILES string of the molecule is COc1ccc(OC)c([C@@H]2SCC(=O)N(CC(=O)NCc3ccc(F)cc3)c3c2c(C(C)(C)C)nn3-c2ccccc2Cl)c1. The smallest absolute Gasteiger partial charge is 0.240 e. The van der Waals surface area contributed by atoms with Crippen molar-refractivity contribution in [3.8, 4) is 17.2 Å². The molecular formula is C33H34ClFN4O4S. The second-order valence-electron chi connectivity index (χ2n) is 11.4. The molecule has 8 nitrogen and oxygen atoms in total. The standard InChI is InChI=1S/C33H34ClFN4O4S/c1-33(2,3)31-29-30(23-16-22(42-4)14-15-26(23)43-5)44-19-28(41)38(18-27(40)36-17-20-10-12-21(35)13-11-20)32(29)39(37-31)25-9-7-6-8-24(25)34/h6-16,30H,17-19H2,1-5H3,(H,36,40)/t30-/m0/s1. The molecule has 44 heavy (non-hydrogen) atoms. The van der Waals surface area contributed by atoms with Crippen LogP contribution in [-0.2, 0) is 21.5 Å². The summed E-state index contributed by atoms with van der Waals surface area (Å²) in [5, 5.41) is 8.01. The number of hydrogen-bond donors (Lipinski definition) is 1. The summed E-state index contributed by atoms with van der Waals surface area (Å²) >= 11 is 8.15. The molecule has 3 aromatic carbocycles. The molecule has 1 atom stereocenters. The first-order chi connectivity index (χ1) is 21.0. The number of anilines is 1. The maximum atomic E-state index is 14.0. The van der Waals surface area contributed by atoms with Crippen LogP contribution >= 0.6 is 23.4 Å². The van der Waals surface area contributed by atoms with Gasteiger partial charge in [0.1, 0.15) is 29.7 Å². The van der Waals surface area contributed by atoms with Gasteiger partial charge in [0.2, 0.25) is 11.8 Å². The zero-order valence-corrected chi connectivity index (χ0v) is 26.8. The van der Waals surface area contributed by atoms with Crippen molar-refractivity contribution in [2.24, 2.45) is 0 Å². The topological polar surface area (TPSA) is 85.7 Å². The van der Waals surface area contributed by atoms with E-state index in [-0.39, 0.29) is 36.5 Å². The van der Waals surface area contributed by atoms with Gasteiger partial charge in [-0.2, -0.15) is 5.10 Å². The lowest BCUT2D eigenvalue weighted by atomic mass is 9.87. The minimum atomic E-state index is -0.453. The average Bonchev–Trinajstić information content (AvgIpc) is 3.34. The van der Waals surface area contributed by atoms with Crippen LogP contribution in [0.5, 0.6) is 11.5 Å². The van der Waals surface area contributed by atoms with E-state index in [1.807, 2.05) is 36.4 Å². The number of carbonyl (C=O) groups excluding carboxylic acids is 2. The minimum Gasteiger partial charge on any atom is -0.497 e. The fourth-order valence-electron chi connectivity index (χ4n) is 5.16. The number of amides is 2. The maximum Gasteiger partial charge on any atom is 0.240 e. The van der Waals surface area contributed by atoms with Gasteiger partial charge >= 0.3 is 0 Å². The molecule has 1 aliphatic heterocycles. The Morgan fingerprint density at radius 3 is 2.48 bits per heavy atom. The van der Waals surface area contributed by atoms with Gasteiger partial charge in [-0.05, 0) is 48.0 Å². The predicted octanol–water partition coefficient (Wildman–Crippen LogP) is 6.47. The summed E-state index contributed by atoms with van der Waals surface area (Å²) in [7, 11) is 3.21. The molecule has 0 saturated carbocycles. The number of hydrogen-bond acceptors (Lipinski definition) is 6. The van der Waals surface area contributed by atoms with E-state index >= 15 is 0 Å². The number of thioether (sulfide) groups is 1. The van der Waals surface area contributed by atoms with Gasteiger partial charge in [-0.3, -0.25) is 14.5 Å². The number of halogens is 2. The zero-order chi connectivity index (χ0) is 31.6. The third-order valence-corrected chi connectivity index (χ3v) is 8.86. The molecule has 1 N–H and O–H groups in total. The Bertz CT molecular complexity index is 1690. The van der Waals surface area contributed by atoms with E-state index in [1.54, 1.807) is 37.1 Å². The summed E-state index contributed by atoms with van der Waals surface area (Å²) in [4.78, 5) is 28.8. The Labute approximate surface area is 265 Å². The van der Waals surface area contributed by atoms with Gasteiger partial charge < -0.3 is 14.8 Å². The van der Waals surface area contributed by atoms with Crippen LogP contribution in [0.1, 0.15) is 48.4 Å². The molecule has 230 valence electrons. The maximum absolute atomic E-state index is 14.0. The Balaban J connectivity index is 1.69. The van der Waals surface area contributed by atoms with Crippen molar-refractivity contribution in [3.63, 3.8) is 0 Å². The normalized spacial score (nSPS) is 15.0. The predicted molar refractivity (Wildman–Crippen MR) is 172 cm³/mol. The highest BCUT2D eigenvalue weighted by molar-refractivity contribution is 8.00. The van der Waals surface area contributed by atoms with Gasteiger partial charge in [-0.15, -0.1) is 11.8 Å². The van der Waals surface area contributed by atoms with Crippen molar-refractivity contribution in [1.29, 1.82) is 0 Å². The highest BCUT2D eigenvalue weighted by Gasteiger charge is 2.41. The van der Waals surface area contributed by atoms with Gasteiger partial charge in [0, 0.05) is 23.1 Å². The van der Waals surface area contributed by atoms with Crippen molar-refractivity contribution in [2.75, 3.05) is 31.4 Å². The molecule has 0 radical (unpaired) electrons. The number of fused-ring (bicyclic) bond motifs is 1. The summed E-state index contributed by atoms with van der Waals surface area (Å²) in [6.45, 7) is 6.11. The minimum absolute atomic E-state index is 0.0943. The molecule has 1 aromatic heterocycles. The highest BCUT2D eigenvalue weighted by atomic mass is 35.5. The summed E-state index contributed by atoms with van der Waals surface area (Å²) in [6.07, 6.45) is 0. The zero-order valence-electron chi connectivity index (χ0n) is 25.2. The van der Waals surface area contributed by atoms with Crippen LogP contribution in [0.15, 0.2) is 66.7 Å². The van der Waals surface area contributed by atoms with Crippen LogP contribution in [0.2, 0.25) is 5.02 Å². The van der Waals surface area contributed by atoms with Crippen LogP contribution in [-0.4, -0.2) is 48.1 Å². The first-order valence-corrected chi connectivity index (χ1v) is 15.5. The molecule has 0 aliphatic carbocycles. The van der Waals surface area contributed by atoms with E-state index in [0.717, 1.165) is 22.4 Å². The van der Waals surface area contributed by atoms with Crippen LogP contribution in [0.3, 0.4) is 0 Å². The first-order valence-electron chi connectivity index (χ1n) is 14.0. The molecular weight excluding hydrogens is 603 g/mol. The molecule has 0 unspecified atom stereocenters. The van der Waals surface area contributed by atoms with Gasteiger partial charge in [-0.25, -0.2) is 9.07 Å². The molecule has 2 heterocycles. The number of benzene rings is 3. The van der Waals surface area contributed by atoms with Crippen LogP contribution in [0.25, 0.3) is 5.69 Å². The monoisotopic (exact) mass is 636 g/mol. The van der Waals surface area contributed by atoms with Gasteiger partial charge in [-0.1, -0.05) is 56.6 Å². The third-order valence-electron chi connectivity index (χ3n) is 7.30. The fraction of sp³-hybridized carbons (Fsp3) is 0.303. The number of carbonyl (C=O) groups is 2. The number of para-hydroxylation sites is 1. The molecule has 0 fully saturated rings. The number of nitrogens with zero attached hydrogens (tertiary/aromatic N) is 3.